The summed E-state index contributed by atoms with van der Waals surface area (Å²) in [4.78, 5) is 20.6. The van der Waals surface area contributed by atoms with Crippen molar-refractivity contribution in [3.8, 4) is 11.5 Å². The Bertz CT molecular complexity index is 870. The van der Waals surface area contributed by atoms with Crippen molar-refractivity contribution in [2.75, 3.05) is 6.61 Å². The molecule has 0 aliphatic rings. The van der Waals surface area contributed by atoms with E-state index in [0.29, 0.717) is 18.9 Å². The largest absolute Gasteiger partial charge is 0.361 e. The second-order valence-corrected chi connectivity index (χ2v) is 12.9. The number of ether oxygens (including phenoxy) is 1. The first-order chi connectivity index (χ1) is 12.0. The molecule has 5 nitrogen and oxygen atoms in total. The number of nitrogens with zero attached hydrogens (tertiary/aromatic N) is 3. The number of pyridine rings is 1. The fourth-order valence-electron chi connectivity index (χ4n) is 2.66. The monoisotopic (exact) mass is 353 g/mol. The van der Waals surface area contributed by atoms with Crippen molar-refractivity contribution in [3.05, 3.63) is 48.2 Å². The molecule has 0 fully saturated rings. The van der Waals surface area contributed by atoms with Crippen molar-refractivity contribution in [2.24, 2.45) is 0 Å². The van der Waals surface area contributed by atoms with Crippen LogP contribution in [0.1, 0.15) is 10.4 Å². The molecule has 3 rings (SSSR count). The Balaban J connectivity index is 1.99. The van der Waals surface area contributed by atoms with E-state index in [1.165, 1.54) is 0 Å². The summed E-state index contributed by atoms with van der Waals surface area (Å²) in [6, 6.07) is 12.4. The molecule has 0 amide bonds. The van der Waals surface area contributed by atoms with Gasteiger partial charge >= 0.3 is 0 Å². The van der Waals surface area contributed by atoms with Crippen LogP contribution >= 0.6 is 0 Å². The Morgan fingerprint density at radius 1 is 1.16 bits per heavy atom. The minimum Gasteiger partial charge on any atom is -0.361 e. The molecule has 0 atom stereocenters. The van der Waals surface area contributed by atoms with E-state index in [0.717, 1.165) is 34.9 Å². The molecule has 0 spiro atoms. The van der Waals surface area contributed by atoms with Gasteiger partial charge in [0.1, 0.15) is 12.4 Å². The maximum Gasteiger partial charge on any atom is 0.161 e. The van der Waals surface area contributed by atoms with E-state index in [-0.39, 0.29) is 0 Å². The van der Waals surface area contributed by atoms with Crippen molar-refractivity contribution in [2.45, 2.75) is 32.4 Å². The van der Waals surface area contributed by atoms with Gasteiger partial charge in [-0.05, 0) is 30.3 Å². The maximum absolute atomic E-state index is 11.5. The fraction of sp³-hybridized carbons (Fsp3) is 0.316. The molecule has 0 aliphatic heterocycles. The van der Waals surface area contributed by atoms with Gasteiger partial charge in [-0.2, -0.15) is 0 Å². The Kier molecular flexibility index (Phi) is 5.10. The van der Waals surface area contributed by atoms with Crippen LogP contribution in [-0.4, -0.2) is 35.5 Å². The number of imidazole rings is 1. The maximum atomic E-state index is 11.5. The lowest BCUT2D eigenvalue weighted by Gasteiger charge is -2.16. The molecule has 0 aliphatic carbocycles. The minimum absolute atomic E-state index is 0.359. The SMILES string of the molecule is C[Si](C)(C)CCOCn1c(-c2ccccn2)nc2cccc(C=O)c21. The highest BCUT2D eigenvalue weighted by Gasteiger charge is 2.17. The molecule has 0 saturated heterocycles. The van der Waals surface area contributed by atoms with Crippen LogP contribution in [0.15, 0.2) is 42.6 Å². The fourth-order valence-corrected chi connectivity index (χ4v) is 3.42. The standard InChI is InChI=1S/C19H23N3O2Si/c1-25(2,3)12-11-24-14-22-18-15(13-23)7-6-9-16(18)21-19(22)17-8-4-5-10-20-17/h4-10,13H,11-12,14H2,1-3H3. The van der Waals surface area contributed by atoms with Gasteiger partial charge in [0.05, 0.1) is 11.0 Å². The summed E-state index contributed by atoms with van der Waals surface area (Å²) in [7, 11) is -1.15. The third-order valence-corrected chi connectivity index (χ3v) is 5.74. The molecule has 0 radical (unpaired) electrons. The average Bonchev–Trinajstić information content (AvgIpc) is 2.97. The van der Waals surface area contributed by atoms with Gasteiger partial charge in [-0.1, -0.05) is 31.8 Å². The van der Waals surface area contributed by atoms with Crippen molar-refractivity contribution in [1.82, 2.24) is 14.5 Å². The molecule has 130 valence electrons. The van der Waals surface area contributed by atoms with Crippen LogP contribution in [0.5, 0.6) is 0 Å². The first-order valence-electron chi connectivity index (χ1n) is 8.43. The van der Waals surface area contributed by atoms with Crippen molar-refractivity contribution < 1.29 is 9.53 Å². The lowest BCUT2D eigenvalue weighted by atomic mass is 10.2. The van der Waals surface area contributed by atoms with Crippen LogP contribution in [0.4, 0.5) is 0 Å². The summed E-state index contributed by atoms with van der Waals surface area (Å²) in [5.41, 5.74) is 2.95. The summed E-state index contributed by atoms with van der Waals surface area (Å²) >= 11 is 0. The zero-order valence-corrected chi connectivity index (χ0v) is 15.9. The van der Waals surface area contributed by atoms with E-state index in [1.807, 2.05) is 34.9 Å². The zero-order chi connectivity index (χ0) is 17.9. The van der Waals surface area contributed by atoms with Gasteiger partial charge in [0.2, 0.25) is 0 Å². The van der Waals surface area contributed by atoms with Crippen LogP contribution in [0.25, 0.3) is 22.6 Å². The highest BCUT2D eigenvalue weighted by atomic mass is 28.3. The van der Waals surface area contributed by atoms with Crippen LogP contribution in [0.2, 0.25) is 25.7 Å². The van der Waals surface area contributed by atoms with Crippen LogP contribution < -0.4 is 0 Å². The molecule has 2 heterocycles. The number of benzene rings is 1. The summed E-state index contributed by atoms with van der Waals surface area (Å²) in [5.74, 6) is 0.720. The van der Waals surface area contributed by atoms with E-state index in [1.54, 1.807) is 12.3 Å². The predicted octanol–water partition coefficient (Wildman–Crippen LogP) is 4.22. The minimum atomic E-state index is -1.15. The van der Waals surface area contributed by atoms with Crippen molar-refractivity contribution >= 4 is 25.4 Å². The molecular weight excluding hydrogens is 330 g/mol. The van der Waals surface area contributed by atoms with E-state index in [2.05, 4.69) is 29.6 Å². The van der Waals surface area contributed by atoms with Crippen LogP contribution in [-0.2, 0) is 11.5 Å². The van der Waals surface area contributed by atoms with Gasteiger partial charge in [-0.25, -0.2) is 4.98 Å². The van der Waals surface area contributed by atoms with E-state index >= 15 is 0 Å². The summed E-state index contributed by atoms with van der Waals surface area (Å²) < 4.78 is 7.89. The molecule has 0 unspecified atom stereocenters. The molecule has 3 aromatic rings. The molecule has 6 heteroatoms. The molecule has 0 saturated carbocycles. The predicted molar refractivity (Wildman–Crippen MR) is 102 cm³/mol. The summed E-state index contributed by atoms with van der Waals surface area (Å²) in [5, 5.41) is 0. The number of carbonyl (C=O) groups is 1. The molecule has 0 N–H and O–H groups in total. The lowest BCUT2D eigenvalue weighted by Crippen LogP contribution is -2.22. The molecular formula is C19H23N3O2Si. The topological polar surface area (TPSA) is 57.0 Å². The molecule has 25 heavy (non-hydrogen) atoms. The number of para-hydroxylation sites is 1. The van der Waals surface area contributed by atoms with Gasteiger partial charge in [0.25, 0.3) is 0 Å². The first kappa shape index (κ1) is 17.5. The van der Waals surface area contributed by atoms with Gasteiger partial charge in [-0.15, -0.1) is 0 Å². The van der Waals surface area contributed by atoms with Crippen molar-refractivity contribution in [1.29, 1.82) is 0 Å². The van der Waals surface area contributed by atoms with Crippen LogP contribution in [0, 0.1) is 0 Å². The van der Waals surface area contributed by atoms with Gasteiger partial charge in [-0.3, -0.25) is 14.3 Å². The Morgan fingerprint density at radius 2 is 2.00 bits per heavy atom. The average molecular weight is 353 g/mol. The quantitative estimate of drug-likeness (QED) is 0.362. The van der Waals surface area contributed by atoms with Gasteiger partial charge < -0.3 is 4.74 Å². The van der Waals surface area contributed by atoms with E-state index < -0.39 is 8.07 Å². The normalized spacial score (nSPS) is 11.8. The van der Waals surface area contributed by atoms with Gasteiger partial charge in [0, 0.05) is 26.4 Å². The zero-order valence-electron chi connectivity index (χ0n) is 14.9. The van der Waals surface area contributed by atoms with E-state index in [9.17, 15) is 4.79 Å². The molecule has 1 aromatic carbocycles. The second kappa shape index (κ2) is 7.29. The third-order valence-electron chi connectivity index (χ3n) is 4.04. The number of hydrogen-bond donors (Lipinski definition) is 0. The number of fused-ring (bicyclic) bond motifs is 1. The number of hydrogen-bond acceptors (Lipinski definition) is 4. The highest BCUT2D eigenvalue weighted by molar-refractivity contribution is 6.76. The summed E-state index contributed by atoms with van der Waals surface area (Å²) in [6.45, 7) is 8.05. The van der Waals surface area contributed by atoms with Gasteiger partial charge in [0.15, 0.2) is 12.1 Å². The Hall–Kier alpha value is -2.31. The Morgan fingerprint density at radius 3 is 2.68 bits per heavy atom. The smallest absolute Gasteiger partial charge is 0.161 e. The molecule has 0 bridgehead atoms. The third kappa shape index (κ3) is 4.03. The van der Waals surface area contributed by atoms with Crippen molar-refractivity contribution in [3.63, 3.8) is 0 Å². The van der Waals surface area contributed by atoms with E-state index in [4.69, 9.17) is 4.74 Å². The number of aldehydes is 1. The number of carbonyl (C=O) groups excluding carboxylic acids is 1. The highest BCUT2D eigenvalue weighted by Crippen LogP contribution is 2.25. The molecule has 2 aromatic heterocycles. The first-order valence-corrected chi connectivity index (χ1v) is 12.1. The van der Waals surface area contributed by atoms with Crippen LogP contribution in [0.3, 0.4) is 0 Å². The summed E-state index contributed by atoms with van der Waals surface area (Å²) in [6.07, 6.45) is 2.61. The number of aromatic nitrogens is 3. The second-order valence-electron chi connectivity index (χ2n) is 7.26. The lowest BCUT2D eigenvalue weighted by molar-refractivity contribution is 0.0907. The Labute approximate surface area is 148 Å². The number of rotatable bonds is 7.